The zero-order valence-electron chi connectivity index (χ0n) is 11.8. The van der Waals surface area contributed by atoms with Gasteiger partial charge in [0.25, 0.3) is 11.5 Å². The van der Waals surface area contributed by atoms with E-state index in [-0.39, 0.29) is 12.2 Å². The van der Waals surface area contributed by atoms with E-state index in [1.807, 2.05) is 0 Å². The molecule has 0 saturated heterocycles. The summed E-state index contributed by atoms with van der Waals surface area (Å²) in [6.07, 6.45) is -3.80. The van der Waals surface area contributed by atoms with E-state index in [2.05, 4.69) is 9.97 Å². The van der Waals surface area contributed by atoms with Crippen LogP contribution in [0.5, 0.6) is 0 Å². The Morgan fingerprint density at radius 2 is 2.04 bits per heavy atom. The Hall–Kier alpha value is -2.71. The smallest absolute Gasteiger partial charge is 0.336 e. The molecule has 2 heterocycles. The Morgan fingerprint density at radius 1 is 1.35 bits per heavy atom. The number of carbonyl (C=O) groups excluding carboxylic acids is 1. The molecule has 0 atom stereocenters. The average Bonchev–Trinajstić information content (AvgIpc) is 2.48. The number of amides is 1. The first-order valence-electron chi connectivity index (χ1n) is 6.35. The number of pyridine rings is 2. The van der Waals surface area contributed by atoms with E-state index in [9.17, 15) is 27.2 Å². The molecule has 5 nitrogen and oxygen atoms in total. The summed E-state index contributed by atoms with van der Waals surface area (Å²) in [5.74, 6) is -1.64. The van der Waals surface area contributed by atoms with E-state index in [0.29, 0.717) is 0 Å². The molecular formula is C14H11F4N3O2. The van der Waals surface area contributed by atoms with Gasteiger partial charge in [-0.3, -0.25) is 9.59 Å². The second-order valence-corrected chi connectivity index (χ2v) is 4.73. The van der Waals surface area contributed by atoms with Crippen molar-refractivity contribution >= 4 is 5.91 Å². The second-order valence-electron chi connectivity index (χ2n) is 4.73. The Labute approximate surface area is 127 Å². The summed E-state index contributed by atoms with van der Waals surface area (Å²) in [6, 6.07) is 4.05. The van der Waals surface area contributed by atoms with Crippen LogP contribution in [-0.4, -0.2) is 27.8 Å². The maximum atomic E-state index is 13.1. The molecule has 23 heavy (non-hydrogen) atoms. The summed E-state index contributed by atoms with van der Waals surface area (Å²) in [7, 11) is 1.27. The predicted octanol–water partition coefficient (Wildman–Crippen LogP) is 2.20. The number of nitrogens with one attached hydrogen (secondary N) is 1. The molecule has 0 aliphatic rings. The highest BCUT2D eigenvalue weighted by molar-refractivity contribution is 5.93. The van der Waals surface area contributed by atoms with Crippen molar-refractivity contribution < 1.29 is 22.4 Å². The molecule has 2 rings (SSSR count). The van der Waals surface area contributed by atoms with Crippen LogP contribution < -0.4 is 5.56 Å². The SMILES string of the molecule is CN(Cc1cccc(C(F)(F)F)n1)C(=O)c1cc(F)c[nH]c1=O. The van der Waals surface area contributed by atoms with Crippen molar-refractivity contribution in [3.63, 3.8) is 0 Å². The zero-order valence-corrected chi connectivity index (χ0v) is 11.8. The van der Waals surface area contributed by atoms with Crippen LogP contribution >= 0.6 is 0 Å². The normalized spacial score (nSPS) is 11.3. The fraction of sp³-hybridized carbons (Fsp3) is 0.214. The van der Waals surface area contributed by atoms with Gasteiger partial charge in [0.15, 0.2) is 0 Å². The molecule has 0 aliphatic heterocycles. The molecule has 0 aromatic carbocycles. The first-order valence-corrected chi connectivity index (χ1v) is 6.35. The first kappa shape index (κ1) is 16.7. The highest BCUT2D eigenvalue weighted by Crippen LogP contribution is 2.27. The van der Waals surface area contributed by atoms with Gasteiger partial charge >= 0.3 is 6.18 Å². The molecular weight excluding hydrogens is 318 g/mol. The van der Waals surface area contributed by atoms with E-state index in [1.54, 1.807) is 0 Å². The number of aromatic amines is 1. The first-order chi connectivity index (χ1) is 10.7. The molecule has 1 N–H and O–H groups in total. The Kier molecular flexibility index (Phi) is 4.48. The lowest BCUT2D eigenvalue weighted by Crippen LogP contribution is -2.31. The number of H-pyrrole nitrogens is 1. The number of halogens is 4. The van der Waals surface area contributed by atoms with E-state index in [0.717, 1.165) is 23.2 Å². The molecule has 0 fully saturated rings. The largest absolute Gasteiger partial charge is 0.433 e. The molecule has 0 radical (unpaired) electrons. The van der Waals surface area contributed by atoms with Crippen LogP contribution in [0.2, 0.25) is 0 Å². The van der Waals surface area contributed by atoms with Crippen LogP contribution in [0.4, 0.5) is 17.6 Å². The summed E-state index contributed by atoms with van der Waals surface area (Å²) in [5, 5.41) is 0. The van der Waals surface area contributed by atoms with Crippen molar-refractivity contribution in [3.05, 3.63) is 63.6 Å². The van der Waals surface area contributed by atoms with Gasteiger partial charge < -0.3 is 9.88 Å². The minimum absolute atomic E-state index is 0.0106. The van der Waals surface area contributed by atoms with Crippen LogP contribution in [0.15, 0.2) is 35.3 Å². The van der Waals surface area contributed by atoms with Gasteiger partial charge in [0.2, 0.25) is 0 Å². The number of nitrogens with zero attached hydrogens (tertiary/aromatic N) is 2. The predicted molar refractivity (Wildman–Crippen MR) is 72.1 cm³/mol. The van der Waals surface area contributed by atoms with Crippen LogP contribution in [0.1, 0.15) is 21.7 Å². The van der Waals surface area contributed by atoms with Gasteiger partial charge in [0, 0.05) is 13.2 Å². The van der Waals surface area contributed by atoms with Crippen molar-refractivity contribution in [2.75, 3.05) is 7.05 Å². The Bertz CT molecular complexity index is 786. The van der Waals surface area contributed by atoms with Crippen LogP contribution in [0.25, 0.3) is 0 Å². The van der Waals surface area contributed by atoms with E-state index in [1.165, 1.54) is 19.2 Å². The van der Waals surface area contributed by atoms with E-state index < -0.39 is 34.7 Å². The molecule has 2 aromatic rings. The van der Waals surface area contributed by atoms with Gasteiger partial charge in [-0.15, -0.1) is 0 Å². The van der Waals surface area contributed by atoms with Crippen LogP contribution in [0, 0.1) is 5.82 Å². The van der Waals surface area contributed by atoms with Crippen LogP contribution in [0.3, 0.4) is 0 Å². The van der Waals surface area contributed by atoms with Crippen molar-refractivity contribution in [1.82, 2.24) is 14.9 Å². The topological polar surface area (TPSA) is 66.1 Å². The second kappa shape index (κ2) is 6.19. The van der Waals surface area contributed by atoms with Crippen molar-refractivity contribution in [2.45, 2.75) is 12.7 Å². The molecule has 0 unspecified atom stereocenters. The molecule has 0 aliphatic carbocycles. The van der Waals surface area contributed by atoms with E-state index >= 15 is 0 Å². The molecule has 0 bridgehead atoms. The molecule has 0 spiro atoms. The summed E-state index contributed by atoms with van der Waals surface area (Å²) in [5.41, 5.74) is -2.33. The van der Waals surface area contributed by atoms with Crippen molar-refractivity contribution in [3.8, 4) is 0 Å². The molecule has 1 amide bonds. The van der Waals surface area contributed by atoms with Crippen molar-refractivity contribution in [1.29, 1.82) is 0 Å². The monoisotopic (exact) mass is 329 g/mol. The van der Waals surface area contributed by atoms with Gasteiger partial charge in [-0.25, -0.2) is 9.37 Å². The fourth-order valence-electron chi connectivity index (χ4n) is 1.86. The summed E-state index contributed by atoms with van der Waals surface area (Å²) >= 11 is 0. The maximum absolute atomic E-state index is 13.1. The highest BCUT2D eigenvalue weighted by atomic mass is 19.4. The third-order valence-electron chi connectivity index (χ3n) is 2.94. The highest BCUT2D eigenvalue weighted by Gasteiger charge is 2.32. The van der Waals surface area contributed by atoms with Crippen LogP contribution in [-0.2, 0) is 12.7 Å². The summed E-state index contributed by atoms with van der Waals surface area (Å²) < 4.78 is 50.9. The summed E-state index contributed by atoms with van der Waals surface area (Å²) in [6.45, 7) is -0.265. The minimum atomic E-state index is -4.60. The minimum Gasteiger partial charge on any atom is -0.336 e. The number of aromatic nitrogens is 2. The van der Waals surface area contributed by atoms with Gasteiger partial charge in [0.1, 0.15) is 17.1 Å². The maximum Gasteiger partial charge on any atom is 0.433 e. The molecule has 2 aromatic heterocycles. The number of rotatable bonds is 3. The zero-order chi connectivity index (χ0) is 17.2. The molecule has 122 valence electrons. The standard InChI is InChI=1S/C14H11F4N3O2/c1-21(13(23)10-5-8(15)6-19-12(10)22)7-9-3-2-4-11(20-9)14(16,17)18/h2-6H,7H2,1H3,(H,19,22). The Morgan fingerprint density at radius 3 is 2.70 bits per heavy atom. The lowest BCUT2D eigenvalue weighted by molar-refractivity contribution is -0.141. The molecule has 9 heteroatoms. The average molecular weight is 329 g/mol. The number of hydrogen-bond donors (Lipinski definition) is 1. The number of alkyl halides is 3. The molecule has 0 saturated carbocycles. The number of carbonyl (C=O) groups is 1. The third-order valence-corrected chi connectivity index (χ3v) is 2.94. The lowest BCUT2D eigenvalue weighted by Gasteiger charge is -2.17. The summed E-state index contributed by atoms with van der Waals surface area (Å²) in [4.78, 5) is 30.1. The van der Waals surface area contributed by atoms with Gasteiger partial charge in [-0.2, -0.15) is 13.2 Å². The van der Waals surface area contributed by atoms with Crippen molar-refractivity contribution in [2.24, 2.45) is 0 Å². The Balaban J connectivity index is 2.22. The fourth-order valence-corrected chi connectivity index (χ4v) is 1.86. The van der Waals surface area contributed by atoms with Gasteiger partial charge in [-0.05, 0) is 18.2 Å². The van der Waals surface area contributed by atoms with E-state index in [4.69, 9.17) is 0 Å². The lowest BCUT2D eigenvalue weighted by atomic mass is 10.2. The van der Waals surface area contributed by atoms with Gasteiger partial charge in [-0.1, -0.05) is 6.07 Å². The third kappa shape index (κ3) is 3.93. The number of hydrogen-bond acceptors (Lipinski definition) is 3. The van der Waals surface area contributed by atoms with Gasteiger partial charge in [0.05, 0.1) is 12.2 Å². The quantitative estimate of drug-likeness (QED) is 0.878.